The van der Waals surface area contributed by atoms with E-state index in [0.29, 0.717) is 5.92 Å². The van der Waals surface area contributed by atoms with Crippen LogP contribution in [-0.2, 0) is 10.2 Å². The zero-order chi connectivity index (χ0) is 12.4. The van der Waals surface area contributed by atoms with Crippen LogP contribution >= 0.6 is 0 Å². The molecule has 1 atom stereocenters. The molecule has 0 aromatic heterocycles. The van der Waals surface area contributed by atoms with Crippen LogP contribution in [0.4, 0.5) is 0 Å². The molecule has 0 radical (unpaired) electrons. The van der Waals surface area contributed by atoms with Gasteiger partial charge >= 0.3 is 0 Å². The molecular weight excluding hydrogens is 226 g/mol. The summed E-state index contributed by atoms with van der Waals surface area (Å²) in [4.78, 5) is 0. The van der Waals surface area contributed by atoms with Crippen LogP contribution in [-0.4, -0.2) is 33.4 Å². The Morgan fingerprint density at radius 3 is 2.78 bits per heavy atom. The third-order valence-corrected chi connectivity index (χ3v) is 4.44. The number of benzene rings is 1. The lowest BCUT2D eigenvalue weighted by molar-refractivity contribution is -0.0956. The summed E-state index contributed by atoms with van der Waals surface area (Å²) in [6, 6.07) is 8.41. The topological polar surface area (TPSA) is 30.5 Å². The molecule has 3 rings (SSSR count). The molecule has 0 bridgehead atoms. The molecule has 2 aliphatic rings. The van der Waals surface area contributed by atoms with Crippen LogP contribution in [0.15, 0.2) is 24.3 Å². The van der Waals surface area contributed by atoms with Gasteiger partial charge in [0.05, 0.1) is 20.3 Å². The first kappa shape index (κ1) is 12.0. The molecule has 0 aliphatic carbocycles. The predicted molar refractivity (Wildman–Crippen MR) is 71.1 cm³/mol. The Bertz CT molecular complexity index is 409. The monoisotopic (exact) mass is 247 g/mol. The lowest BCUT2D eigenvalue weighted by Crippen LogP contribution is -2.56. The Kier molecular flexibility index (Phi) is 3.27. The Balaban J connectivity index is 1.94. The van der Waals surface area contributed by atoms with Gasteiger partial charge in [-0.2, -0.15) is 0 Å². The summed E-state index contributed by atoms with van der Waals surface area (Å²) in [5, 5.41) is 3.52. The van der Waals surface area contributed by atoms with E-state index in [2.05, 4.69) is 23.5 Å². The van der Waals surface area contributed by atoms with Gasteiger partial charge in [0.1, 0.15) is 5.75 Å². The molecule has 2 aliphatic heterocycles. The molecule has 3 nitrogen and oxygen atoms in total. The highest BCUT2D eigenvalue weighted by molar-refractivity contribution is 5.42. The largest absolute Gasteiger partial charge is 0.496 e. The molecule has 0 spiro atoms. The van der Waals surface area contributed by atoms with E-state index in [1.807, 2.05) is 6.07 Å². The highest BCUT2D eigenvalue weighted by atomic mass is 16.5. The summed E-state index contributed by atoms with van der Waals surface area (Å²) in [6.45, 7) is 3.92. The maximum atomic E-state index is 5.56. The van der Waals surface area contributed by atoms with Crippen molar-refractivity contribution in [2.45, 2.75) is 18.3 Å². The van der Waals surface area contributed by atoms with Gasteiger partial charge in [-0.15, -0.1) is 0 Å². The van der Waals surface area contributed by atoms with E-state index in [4.69, 9.17) is 9.47 Å². The SMILES string of the molecule is COc1ccccc1C1(C2CCCNC2)COC1. The number of rotatable bonds is 3. The zero-order valence-electron chi connectivity index (χ0n) is 10.9. The Labute approximate surface area is 108 Å². The first-order valence-corrected chi connectivity index (χ1v) is 6.79. The van der Waals surface area contributed by atoms with E-state index in [0.717, 1.165) is 32.1 Å². The zero-order valence-corrected chi connectivity index (χ0v) is 10.9. The molecule has 2 saturated heterocycles. The van der Waals surface area contributed by atoms with E-state index >= 15 is 0 Å². The standard InChI is InChI=1S/C15H21NO2/c1-17-14-7-3-2-6-13(14)15(10-18-11-15)12-5-4-8-16-9-12/h2-3,6-7,12,16H,4-5,8-11H2,1H3. The average molecular weight is 247 g/mol. The molecule has 2 fully saturated rings. The van der Waals surface area contributed by atoms with Crippen molar-refractivity contribution < 1.29 is 9.47 Å². The van der Waals surface area contributed by atoms with Crippen molar-refractivity contribution in [2.75, 3.05) is 33.4 Å². The van der Waals surface area contributed by atoms with Crippen molar-refractivity contribution in [3.63, 3.8) is 0 Å². The van der Waals surface area contributed by atoms with Crippen molar-refractivity contribution in [1.29, 1.82) is 0 Å². The smallest absolute Gasteiger partial charge is 0.122 e. The molecule has 3 heteroatoms. The lowest BCUT2D eigenvalue weighted by atomic mass is 9.66. The molecule has 0 saturated carbocycles. The van der Waals surface area contributed by atoms with Gasteiger partial charge in [0.25, 0.3) is 0 Å². The summed E-state index contributed by atoms with van der Waals surface area (Å²) in [5.41, 5.74) is 1.49. The lowest BCUT2D eigenvalue weighted by Gasteiger charge is -2.49. The van der Waals surface area contributed by atoms with Gasteiger partial charge < -0.3 is 14.8 Å². The van der Waals surface area contributed by atoms with E-state index < -0.39 is 0 Å². The van der Waals surface area contributed by atoms with Crippen LogP contribution in [0.1, 0.15) is 18.4 Å². The van der Waals surface area contributed by atoms with Crippen LogP contribution in [0.5, 0.6) is 5.75 Å². The van der Waals surface area contributed by atoms with Crippen LogP contribution in [0.3, 0.4) is 0 Å². The van der Waals surface area contributed by atoms with Crippen molar-refractivity contribution in [3.05, 3.63) is 29.8 Å². The fourth-order valence-corrected chi connectivity index (χ4v) is 3.31. The van der Waals surface area contributed by atoms with E-state index in [1.54, 1.807) is 7.11 Å². The summed E-state index contributed by atoms with van der Waals surface area (Å²) >= 11 is 0. The molecule has 98 valence electrons. The first-order valence-electron chi connectivity index (χ1n) is 6.79. The number of ether oxygens (including phenoxy) is 2. The summed E-state index contributed by atoms with van der Waals surface area (Å²) < 4.78 is 11.1. The van der Waals surface area contributed by atoms with Crippen molar-refractivity contribution in [1.82, 2.24) is 5.32 Å². The van der Waals surface area contributed by atoms with Gasteiger partial charge in [-0.05, 0) is 37.9 Å². The fourth-order valence-electron chi connectivity index (χ4n) is 3.31. The molecule has 2 heterocycles. The van der Waals surface area contributed by atoms with Gasteiger partial charge in [-0.1, -0.05) is 18.2 Å². The van der Waals surface area contributed by atoms with Crippen molar-refractivity contribution in [2.24, 2.45) is 5.92 Å². The minimum atomic E-state index is 0.167. The van der Waals surface area contributed by atoms with Crippen LogP contribution in [0.2, 0.25) is 0 Å². The Morgan fingerprint density at radius 1 is 1.33 bits per heavy atom. The maximum absolute atomic E-state index is 5.56. The first-order chi connectivity index (χ1) is 8.87. The van der Waals surface area contributed by atoms with Gasteiger partial charge in [0.15, 0.2) is 0 Å². The number of para-hydroxylation sites is 1. The Hall–Kier alpha value is -1.06. The minimum Gasteiger partial charge on any atom is -0.496 e. The molecule has 1 N–H and O–H groups in total. The quantitative estimate of drug-likeness (QED) is 0.885. The summed E-state index contributed by atoms with van der Waals surface area (Å²) in [5.74, 6) is 1.67. The van der Waals surface area contributed by atoms with Crippen molar-refractivity contribution >= 4 is 0 Å². The molecular formula is C15H21NO2. The predicted octanol–water partition coefficient (Wildman–Crippen LogP) is 1.96. The van der Waals surface area contributed by atoms with Gasteiger partial charge in [0.2, 0.25) is 0 Å². The van der Waals surface area contributed by atoms with E-state index in [9.17, 15) is 0 Å². The normalized spacial score (nSPS) is 26.4. The third kappa shape index (κ3) is 1.82. The second-order valence-corrected chi connectivity index (χ2v) is 5.39. The third-order valence-electron chi connectivity index (χ3n) is 4.44. The highest BCUT2D eigenvalue weighted by Crippen LogP contribution is 2.45. The van der Waals surface area contributed by atoms with Gasteiger partial charge in [0, 0.05) is 11.0 Å². The Morgan fingerprint density at radius 2 is 2.17 bits per heavy atom. The molecule has 1 aromatic carbocycles. The van der Waals surface area contributed by atoms with Crippen LogP contribution in [0, 0.1) is 5.92 Å². The number of methoxy groups -OCH3 is 1. The van der Waals surface area contributed by atoms with E-state index in [1.165, 1.54) is 18.4 Å². The molecule has 0 amide bonds. The average Bonchev–Trinajstić information content (AvgIpc) is 2.39. The van der Waals surface area contributed by atoms with Crippen molar-refractivity contribution in [3.8, 4) is 5.75 Å². The molecule has 18 heavy (non-hydrogen) atoms. The summed E-state index contributed by atoms with van der Waals surface area (Å²) in [6.07, 6.45) is 2.55. The second-order valence-electron chi connectivity index (χ2n) is 5.39. The number of nitrogens with one attached hydrogen (secondary N) is 1. The number of hydrogen-bond acceptors (Lipinski definition) is 3. The van der Waals surface area contributed by atoms with Gasteiger partial charge in [-0.3, -0.25) is 0 Å². The van der Waals surface area contributed by atoms with Crippen LogP contribution < -0.4 is 10.1 Å². The van der Waals surface area contributed by atoms with Crippen LogP contribution in [0.25, 0.3) is 0 Å². The minimum absolute atomic E-state index is 0.167. The summed E-state index contributed by atoms with van der Waals surface area (Å²) in [7, 11) is 1.76. The maximum Gasteiger partial charge on any atom is 0.122 e. The molecule has 1 aromatic rings. The van der Waals surface area contributed by atoms with Gasteiger partial charge in [-0.25, -0.2) is 0 Å². The number of piperidine rings is 1. The highest BCUT2D eigenvalue weighted by Gasteiger charge is 2.48. The molecule has 1 unspecified atom stereocenters. The number of hydrogen-bond donors (Lipinski definition) is 1. The second kappa shape index (κ2) is 4.90. The fraction of sp³-hybridized carbons (Fsp3) is 0.600. The van der Waals surface area contributed by atoms with E-state index in [-0.39, 0.29) is 5.41 Å².